The molecular weight excluding hydrogens is 296 g/mol. The van der Waals surface area contributed by atoms with Crippen LogP contribution in [-0.4, -0.2) is 5.11 Å². The van der Waals surface area contributed by atoms with Gasteiger partial charge in [-0.15, -0.1) is 11.3 Å². The largest absolute Gasteiger partial charge is 0.387 e. The summed E-state index contributed by atoms with van der Waals surface area (Å²) in [6, 6.07) is 2.13. The maximum absolute atomic E-state index is 10.6. The zero-order chi connectivity index (χ0) is 11.7. The summed E-state index contributed by atoms with van der Waals surface area (Å²) in [5.41, 5.74) is 0. The molecule has 1 heterocycles. The monoisotopic (exact) mass is 312 g/mol. The van der Waals surface area contributed by atoms with Gasteiger partial charge in [-0.1, -0.05) is 0 Å². The number of aliphatic hydroxyl groups is 1. The molecule has 2 bridgehead atoms. The van der Waals surface area contributed by atoms with Crippen LogP contribution in [0.2, 0.25) is 0 Å². The minimum absolute atomic E-state index is 0.207. The van der Waals surface area contributed by atoms with Crippen LogP contribution in [0.1, 0.15) is 35.1 Å². The molecule has 1 aromatic heterocycles. The van der Waals surface area contributed by atoms with Gasteiger partial charge in [0, 0.05) is 14.2 Å². The molecule has 5 atom stereocenters. The minimum Gasteiger partial charge on any atom is -0.387 e. The molecule has 1 nitrogen and oxygen atoms in total. The zero-order valence-electron chi connectivity index (χ0n) is 9.90. The Bertz CT molecular complexity index is 453. The lowest BCUT2D eigenvalue weighted by atomic mass is 9.98. The highest BCUT2D eigenvalue weighted by atomic mass is 79.9. The Morgan fingerprint density at radius 3 is 2.53 bits per heavy atom. The van der Waals surface area contributed by atoms with E-state index in [2.05, 4.69) is 28.9 Å². The van der Waals surface area contributed by atoms with Gasteiger partial charge in [0.1, 0.15) is 0 Å². The minimum atomic E-state index is -0.207. The Balaban J connectivity index is 1.59. The predicted molar refractivity (Wildman–Crippen MR) is 73.0 cm³/mol. The summed E-state index contributed by atoms with van der Waals surface area (Å²) in [7, 11) is 0. The van der Waals surface area contributed by atoms with Gasteiger partial charge in [-0.3, -0.25) is 0 Å². The molecular formula is C14H17BrOS. The zero-order valence-corrected chi connectivity index (χ0v) is 12.3. The standard InChI is InChI=1S/C14H17BrOS/c1-6-4-9(15)14(17-6)13(16)12-10-7-2-3-8(5-7)11(10)12/h4,7-8,10-13,16H,2-3,5H2,1H3. The van der Waals surface area contributed by atoms with Gasteiger partial charge >= 0.3 is 0 Å². The Morgan fingerprint density at radius 1 is 1.35 bits per heavy atom. The smallest absolute Gasteiger partial charge is 0.0927 e. The van der Waals surface area contributed by atoms with E-state index in [1.807, 2.05) is 0 Å². The van der Waals surface area contributed by atoms with Gasteiger partial charge in [0.15, 0.2) is 0 Å². The number of aliphatic hydroxyl groups excluding tert-OH is 1. The molecule has 0 aliphatic heterocycles. The summed E-state index contributed by atoms with van der Waals surface area (Å²) >= 11 is 5.35. The van der Waals surface area contributed by atoms with Crippen LogP contribution in [0, 0.1) is 36.5 Å². The molecule has 0 saturated heterocycles. The molecule has 92 valence electrons. The first-order chi connectivity index (χ1) is 8.16. The molecule has 0 spiro atoms. The van der Waals surface area contributed by atoms with Crippen molar-refractivity contribution < 1.29 is 5.11 Å². The second-order valence-corrected chi connectivity index (χ2v) is 8.22. The summed E-state index contributed by atoms with van der Waals surface area (Å²) < 4.78 is 1.12. The second-order valence-electron chi connectivity index (χ2n) is 6.08. The fourth-order valence-electron chi connectivity index (χ4n) is 4.69. The molecule has 1 N–H and O–H groups in total. The third-order valence-corrected chi connectivity index (χ3v) is 7.30. The van der Waals surface area contributed by atoms with Crippen molar-refractivity contribution in [1.82, 2.24) is 0 Å². The van der Waals surface area contributed by atoms with Crippen molar-refractivity contribution in [3.63, 3.8) is 0 Å². The molecule has 3 saturated carbocycles. The van der Waals surface area contributed by atoms with E-state index in [1.54, 1.807) is 11.3 Å². The molecule has 3 fully saturated rings. The van der Waals surface area contributed by atoms with Crippen molar-refractivity contribution in [2.75, 3.05) is 0 Å². The average Bonchev–Trinajstić information content (AvgIpc) is 2.59. The van der Waals surface area contributed by atoms with E-state index in [0.717, 1.165) is 28.1 Å². The third-order valence-electron chi connectivity index (χ3n) is 5.26. The van der Waals surface area contributed by atoms with Crippen LogP contribution in [0.3, 0.4) is 0 Å². The lowest BCUT2D eigenvalue weighted by Gasteiger charge is -2.14. The lowest BCUT2D eigenvalue weighted by Crippen LogP contribution is -2.07. The molecule has 0 radical (unpaired) electrons. The Labute approximate surface area is 114 Å². The van der Waals surface area contributed by atoms with Crippen LogP contribution in [-0.2, 0) is 0 Å². The van der Waals surface area contributed by atoms with Crippen LogP contribution in [0.25, 0.3) is 0 Å². The number of halogens is 1. The fraction of sp³-hybridized carbons (Fsp3) is 0.714. The maximum atomic E-state index is 10.6. The van der Waals surface area contributed by atoms with Crippen LogP contribution in [0.4, 0.5) is 0 Å². The van der Waals surface area contributed by atoms with Crippen LogP contribution >= 0.6 is 27.3 Å². The summed E-state index contributed by atoms with van der Waals surface area (Å²) in [4.78, 5) is 2.46. The van der Waals surface area contributed by atoms with Crippen LogP contribution in [0.5, 0.6) is 0 Å². The van der Waals surface area contributed by atoms with Gasteiger partial charge in [0.05, 0.1) is 6.10 Å². The SMILES string of the molecule is Cc1cc(Br)c(C(O)C2C3C4CCC(C4)C32)s1. The molecule has 5 unspecified atom stereocenters. The molecule has 3 aliphatic carbocycles. The van der Waals surface area contributed by atoms with Crippen LogP contribution in [0.15, 0.2) is 10.5 Å². The van der Waals surface area contributed by atoms with Crippen molar-refractivity contribution in [3.05, 3.63) is 20.3 Å². The maximum Gasteiger partial charge on any atom is 0.0927 e. The third kappa shape index (κ3) is 1.45. The number of aryl methyl sites for hydroxylation is 1. The molecule has 0 amide bonds. The Hall–Kier alpha value is 0.140. The number of hydrogen-bond donors (Lipinski definition) is 1. The molecule has 3 aliphatic rings. The van der Waals surface area contributed by atoms with E-state index < -0.39 is 0 Å². The highest BCUT2D eigenvalue weighted by Crippen LogP contribution is 2.72. The first kappa shape index (κ1) is 11.0. The molecule has 0 aromatic carbocycles. The van der Waals surface area contributed by atoms with Gasteiger partial charge in [0.2, 0.25) is 0 Å². The van der Waals surface area contributed by atoms with Crippen molar-refractivity contribution in [3.8, 4) is 0 Å². The van der Waals surface area contributed by atoms with Crippen molar-refractivity contribution in [2.45, 2.75) is 32.3 Å². The van der Waals surface area contributed by atoms with Gasteiger partial charge in [-0.05, 0) is 77.8 Å². The number of thiophene rings is 1. The number of hydrogen-bond acceptors (Lipinski definition) is 2. The van der Waals surface area contributed by atoms with Crippen molar-refractivity contribution in [1.29, 1.82) is 0 Å². The summed E-state index contributed by atoms with van der Waals surface area (Å²) in [6.45, 7) is 2.11. The highest BCUT2D eigenvalue weighted by molar-refractivity contribution is 9.10. The van der Waals surface area contributed by atoms with E-state index >= 15 is 0 Å². The normalized spacial score (nSPS) is 43.8. The van der Waals surface area contributed by atoms with E-state index in [4.69, 9.17) is 0 Å². The van der Waals surface area contributed by atoms with Crippen LogP contribution < -0.4 is 0 Å². The lowest BCUT2D eigenvalue weighted by molar-refractivity contribution is 0.133. The van der Waals surface area contributed by atoms with E-state index in [0.29, 0.717) is 5.92 Å². The van der Waals surface area contributed by atoms with Gasteiger partial charge < -0.3 is 5.11 Å². The van der Waals surface area contributed by atoms with Gasteiger partial charge in [-0.25, -0.2) is 0 Å². The van der Waals surface area contributed by atoms with Gasteiger partial charge in [-0.2, -0.15) is 0 Å². The molecule has 17 heavy (non-hydrogen) atoms. The highest BCUT2D eigenvalue weighted by Gasteiger charge is 2.67. The van der Waals surface area contributed by atoms with E-state index in [9.17, 15) is 5.11 Å². The average molecular weight is 313 g/mol. The summed E-state index contributed by atoms with van der Waals surface area (Å²) in [6.07, 6.45) is 4.12. The summed E-state index contributed by atoms with van der Waals surface area (Å²) in [5.74, 6) is 4.20. The van der Waals surface area contributed by atoms with E-state index in [-0.39, 0.29) is 6.10 Å². The van der Waals surface area contributed by atoms with Gasteiger partial charge in [0.25, 0.3) is 0 Å². The van der Waals surface area contributed by atoms with Crippen molar-refractivity contribution >= 4 is 27.3 Å². The number of fused-ring (bicyclic) bond motifs is 5. The molecule has 1 aromatic rings. The molecule has 4 rings (SSSR count). The number of rotatable bonds is 2. The van der Waals surface area contributed by atoms with E-state index in [1.165, 1.54) is 29.0 Å². The second kappa shape index (κ2) is 3.58. The first-order valence-corrected chi connectivity index (χ1v) is 8.21. The predicted octanol–water partition coefficient (Wildman–Crippen LogP) is 4.14. The molecule has 3 heteroatoms. The first-order valence-electron chi connectivity index (χ1n) is 6.60. The van der Waals surface area contributed by atoms with Crippen molar-refractivity contribution in [2.24, 2.45) is 29.6 Å². The quantitative estimate of drug-likeness (QED) is 0.870. The Kier molecular flexibility index (Phi) is 2.32. The fourth-order valence-corrected chi connectivity index (χ4v) is 6.62. The topological polar surface area (TPSA) is 20.2 Å². The Morgan fingerprint density at radius 2 is 2.00 bits per heavy atom. The summed E-state index contributed by atoms with van der Waals surface area (Å²) in [5, 5.41) is 10.6.